The second kappa shape index (κ2) is 2.74. The van der Waals surface area contributed by atoms with E-state index in [1.54, 1.807) is 0 Å². The molecule has 0 aromatic rings. The van der Waals surface area contributed by atoms with Gasteiger partial charge >= 0.3 is 0 Å². The first-order valence-corrected chi connectivity index (χ1v) is 5.29. The summed E-state index contributed by atoms with van der Waals surface area (Å²) >= 11 is 2.03. The predicted molar refractivity (Wildman–Crippen MR) is 44.5 cm³/mol. The van der Waals surface area contributed by atoms with Crippen molar-refractivity contribution in [1.82, 2.24) is 0 Å². The summed E-state index contributed by atoms with van der Waals surface area (Å²) in [5.41, 5.74) is 0.390. The topological polar surface area (TPSA) is 9.23 Å². The summed E-state index contributed by atoms with van der Waals surface area (Å²) in [5, 5.41) is 0. The molecule has 1 saturated heterocycles. The highest BCUT2D eigenvalue weighted by atomic mass is 32.2. The summed E-state index contributed by atoms with van der Waals surface area (Å²) in [5.74, 6) is 2.56. The van der Waals surface area contributed by atoms with Crippen LogP contribution in [0.2, 0.25) is 0 Å². The van der Waals surface area contributed by atoms with Crippen LogP contribution in [0.5, 0.6) is 0 Å². The molecule has 0 aromatic heterocycles. The molecule has 0 bridgehead atoms. The molecule has 0 aromatic carbocycles. The maximum absolute atomic E-state index is 5.76. The Hall–Kier alpha value is 0.310. The Kier molecular flexibility index (Phi) is 1.92. The van der Waals surface area contributed by atoms with Gasteiger partial charge in [0, 0.05) is 5.75 Å². The second-order valence-electron chi connectivity index (χ2n) is 3.25. The number of thioether (sulfide) groups is 1. The van der Waals surface area contributed by atoms with Gasteiger partial charge in [-0.2, -0.15) is 11.8 Å². The fourth-order valence-electron chi connectivity index (χ4n) is 1.52. The van der Waals surface area contributed by atoms with Crippen LogP contribution in [0, 0.1) is 0 Å². The molecule has 1 nitrogen and oxygen atoms in total. The van der Waals surface area contributed by atoms with E-state index in [9.17, 15) is 0 Å². The molecule has 2 heteroatoms. The summed E-state index contributed by atoms with van der Waals surface area (Å²) in [6.07, 6.45) is 5.35. The zero-order chi connectivity index (χ0) is 6.86. The van der Waals surface area contributed by atoms with Gasteiger partial charge in [0.15, 0.2) is 0 Å². The van der Waals surface area contributed by atoms with Gasteiger partial charge in [-0.3, -0.25) is 0 Å². The predicted octanol–water partition coefficient (Wildman–Crippen LogP) is 2.06. The maximum Gasteiger partial charge on any atom is 0.0685 e. The van der Waals surface area contributed by atoms with Crippen LogP contribution in [0.1, 0.15) is 25.7 Å². The molecule has 0 atom stereocenters. The third-order valence-corrected chi connectivity index (χ3v) is 3.40. The van der Waals surface area contributed by atoms with Crippen molar-refractivity contribution in [1.29, 1.82) is 0 Å². The Balaban J connectivity index is 1.84. The lowest BCUT2D eigenvalue weighted by Gasteiger charge is -2.18. The lowest BCUT2D eigenvalue weighted by atomic mass is 10.2. The molecule has 2 fully saturated rings. The van der Waals surface area contributed by atoms with Gasteiger partial charge in [0.1, 0.15) is 0 Å². The Bertz CT molecular complexity index is 110. The van der Waals surface area contributed by atoms with Crippen molar-refractivity contribution >= 4 is 11.8 Å². The average molecular weight is 158 g/mol. The zero-order valence-electron chi connectivity index (χ0n) is 6.27. The van der Waals surface area contributed by atoms with E-state index in [-0.39, 0.29) is 0 Å². The van der Waals surface area contributed by atoms with Crippen LogP contribution in [0.3, 0.4) is 0 Å². The van der Waals surface area contributed by atoms with Gasteiger partial charge in [-0.1, -0.05) is 0 Å². The van der Waals surface area contributed by atoms with E-state index < -0.39 is 0 Å². The van der Waals surface area contributed by atoms with Gasteiger partial charge in [0.05, 0.1) is 12.2 Å². The summed E-state index contributed by atoms with van der Waals surface area (Å²) in [6, 6.07) is 0. The van der Waals surface area contributed by atoms with Crippen LogP contribution in [0.25, 0.3) is 0 Å². The van der Waals surface area contributed by atoms with Gasteiger partial charge in [0.25, 0.3) is 0 Å². The summed E-state index contributed by atoms with van der Waals surface area (Å²) in [7, 11) is 0. The molecule has 0 N–H and O–H groups in total. The van der Waals surface area contributed by atoms with Crippen molar-refractivity contribution in [2.24, 2.45) is 0 Å². The minimum absolute atomic E-state index is 0.390. The van der Waals surface area contributed by atoms with E-state index in [1.165, 1.54) is 37.2 Å². The van der Waals surface area contributed by atoms with E-state index in [2.05, 4.69) is 0 Å². The molecule has 1 aliphatic heterocycles. The fraction of sp³-hybridized carbons (Fsp3) is 1.00. The van der Waals surface area contributed by atoms with Crippen LogP contribution < -0.4 is 0 Å². The normalized spacial score (nSPS) is 31.2. The Labute approximate surface area is 66.5 Å². The van der Waals surface area contributed by atoms with Crippen molar-refractivity contribution in [3.05, 3.63) is 0 Å². The zero-order valence-corrected chi connectivity index (χ0v) is 7.08. The first-order chi connectivity index (χ1) is 4.91. The van der Waals surface area contributed by atoms with Gasteiger partial charge < -0.3 is 4.74 Å². The van der Waals surface area contributed by atoms with Crippen LogP contribution in [-0.4, -0.2) is 23.7 Å². The first kappa shape index (κ1) is 6.99. The quantitative estimate of drug-likeness (QED) is 0.533. The van der Waals surface area contributed by atoms with Crippen LogP contribution in [0.4, 0.5) is 0 Å². The smallest absolute Gasteiger partial charge is 0.0685 e. The molecule has 58 valence electrons. The molecule has 2 rings (SSSR count). The number of ether oxygens (including phenoxy) is 1. The molecule has 1 aliphatic carbocycles. The van der Waals surface area contributed by atoms with E-state index in [0.29, 0.717) is 5.60 Å². The third kappa shape index (κ3) is 1.48. The van der Waals surface area contributed by atoms with Gasteiger partial charge in [0.2, 0.25) is 0 Å². The molecule has 2 aliphatic rings. The highest BCUT2D eigenvalue weighted by molar-refractivity contribution is 7.99. The van der Waals surface area contributed by atoms with Crippen molar-refractivity contribution in [3.63, 3.8) is 0 Å². The van der Waals surface area contributed by atoms with E-state index in [4.69, 9.17) is 4.74 Å². The molecule has 0 unspecified atom stereocenters. The first-order valence-electron chi connectivity index (χ1n) is 4.13. The average Bonchev–Trinajstić information content (AvgIpc) is 2.61. The van der Waals surface area contributed by atoms with Crippen molar-refractivity contribution in [2.75, 3.05) is 18.1 Å². The largest absolute Gasteiger partial charge is 0.374 e. The molecular weight excluding hydrogens is 144 g/mol. The summed E-state index contributed by atoms with van der Waals surface area (Å²) < 4.78 is 5.76. The number of hydrogen-bond donors (Lipinski definition) is 0. The molecule has 1 spiro atoms. The molecular formula is C8H14OS. The Morgan fingerprint density at radius 1 is 1.10 bits per heavy atom. The van der Waals surface area contributed by atoms with Crippen LogP contribution in [0.15, 0.2) is 0 Å². The minimum Gasteiger partial charge on any atom is -0.374 e. The fourth-order valence-corrected chi connectivity index (χ4v) is 2.28. The van der Waals surface area contributed by atoms with E-state index in [1.807, 2.05) is 11.8 Å². The molecule has 0 amide bonds. The lowest BCUT2D eigenvalue weighted by Crippen LogP contribution is -2.18. The Morgan fingerprint density at radius 3 is 2.80 bits per heavy atom. The van der Waals surface area contributed by atoms with Crippen LogP contribution >= 0.6 is 11.8 Å². The molecule has 10 heavy (non-hydrogen) atoms. The van der Waals surface area contributed by atoms with Crippen molar-refractivity contribution in [2.45, 2.75) is 31.3 Å². The highest BCUT2D eigenvalue weighted by Gasteiger charge is 2.43. The standard InChI is InChI=1S/C8H14OS/c1-2-8(3-4-8)9-5-7-10-6-1/h1-7H2. The van der Waals surface area contributed by atoms with Gasteiger partial charge in [-0.25, -0.2) is 0 Å². The van der Waals surface area contributed by atoms with E-state index >= 15 is 0 Å². The SMILES string of the molecule is C1CSCCOC2(C1)CC2. The Morgan fingerprint density at radius 2 is 2.00 bits per heavy atom. The highest BCUT2D eigenvalue weighted by Crippen LogP contribution is 2.44. The summed E-state index contributed by atoms with van der Waals surface area (Å²) in [4.78, 5) is 0. The van der Waals surface area contributed by atoms with Crippen molar-refractivity contribution in [3.8, 4) is 0 Å². The number of rotatable bonds is 0. The van der Waals surface area contributed by atoms with Crippen LogP contribution in [-0.2, 0) is 4.74 Å². The van der Waals surface area contributed by atoms with Crippen molar-refractivity contribution < 1.29 is 4.74 Å². The second-order valence-corrected chi connectivity index (χ2v) is 4.47. The van der Waals surface area contributed by atoms with Gasteiger partial charge in [-0.15, -0.1) is 0 Å². The monoisotopic (exact) mass is 158 g/mol. The lowest BCUT2D eigenvalue weighted by molar-refractivity contribution is 0.0357. The molecule has 0 radical (unpaired) electrons. The summed E-state index contributed by atoms with van der Waals surface area (Å²) in [6.45, 7) is 0.991. The minimum atomic E-state index is 0.390. The maximum atomic E-state index is 5.76. The molecule has 1 saturated carbocycles. The third-order valence-electron chi connectivity index (χ3n) is 2.36. The number of hydrogen-bond acceptors (Lipinski definition) is 2. The molecule has 1 heterocycles. The van der Waals surface area contributed by atoms with E-state index in [0.717, 1.165) is 6.61 Å². The van der Waals surface area contributed by atoms with Gasteiger partial charge in [-0.05, 0) is 31.4 Å².